The molecular weight excluding hydrogens is 330 g/mol. The molecule has 0 aliphatic rings. The summed E-state index contributed by atoms with van der Waals surface area (Å²) in [5.74, 6) is 1.30. The summed E-state index contributed by atoms with van der Waals surface area (Å²) in [4.78, 5) is 0. The van der Waals surface area contributed by atoms with Gasteiger partial charge >= 0.3 is 0 Å². The fraction of sp³-hybridized carbons (Fsp3) is 0.167. The van der Waals surface area contributed by atoms with Crippen molar-refractivity contribution < 1.29 is 4.42 Å². The second-order valence-electron chi connectivity index (χ2n) is 3.88. The van der Waals surface area contributed by atoms with Crippen LogP contribution in [0.15, 0.2) is 32.2 Å². The molecule has 9 heteroatoms. The van der Waals surface area contributed by atoms with E-state index in [1.807, 2.05) is 17.6 Å². The van der Waals surface area contributed by atoms with E-state index < -0.39 is 0 Å². The zero-order valence-corrected chi connectivity index (χ0v) is 13.2. The maximum Gasteiger partial charge on any atom is 0.200 e. The number of hydrogen-bond acceptors (Lipinski definition) is 7. The van der Waals surface area contributed by atoms with E-state index in [2.05, 4.69) is 20.6 Å². The van der Waals surface area contributed by atoms with Gasteiger partial charge in [-0.2, -0.15) is 9.64 Å². The molecule has 0 unspecified atom stereocenters. The largest absolute Gasteiger partial charge is 0.461 e. The topological polar surface area (TPSA) is 80.5 Å². The second-order valence-corrected chi connectivity index (χ2v) is 6.24. The fourth-order valence-corrected chi connectivity index (χ4v) is 3.88. The highest BCUT2D eigenvalue weighted by atomic mass is 35.5. The van der Waals surface area contributed by atoms with Gasteiger partial charge in [-0.1, -0.05) is 11.6 Å². The maximum absolute atomic E-state index is 9.11. The number of nitriles is 1. The summed E-state index contributed by atoms with van der Waals surface area (Å²) in [5.41, 5.74) is 0.372. The Kier molecular flexibility index (Phi) is 3.96. The van der Waals surface area contributed by atoms with E-state index in [0.29, 0.717) is 33.1 Å². The minimum absolute atomic E-state index is 0.221. The van der Waals surface area contributed by atoms with Crippen LogP contribution in [0.3, 0.4) is 0 Å². The average Bonchev–Trinajstić information content (AvgIpc) is 3.19. The molecule has 6 nitrogen and oxygen atoms in total. The second kappa shape index (κ2) is 5.89. The Morgan fingerprint density at radius 3 is 3.05 bits per heavy atom. The molecule has 0 saturated heterocycles. The van der Waals surface area contributed by atoms with Crippen LogP contribution in [-0.2, 0) is 6.54 Å². The highest BCUT2D eigenvalue weighted by Crippen LogP contribution is 2.37. The molecule has 0 N–H and O–H groups in total. The van der Waals surface area contributed by atoms with Gasteiger partial charge in [0, 0.05) is 6.54 Å². The Hall–Kier alpha value is -1.82. The number of halogens is 1. The van der Waals surface area contributed by atoms with E-state index in [4.69, 9.17) is 21.3 Å². The van der Waals surface area contributed by atoms with Gasteiger partial charge < -0.3 is 4.42 Å². The van der Waals surface area contributed by atoms with Gasteiger partial charge in [-0.25, -0.2) is 0 Å². The van der Waals surface area contributed by atoms with E-state index in [9.17, 15) is 0 Å². The Morgan fingerprint density at radius 1 is 1.52 bits per heavy atom. The zero-order valence-electron chi connectivity index (χ0n) is 10.8. The van der Waals surface area contributed by atoms with Crippen molar-refractivity contribution in [2.75, 3.05) is 0 Å². The van der Waals surface area contributed by atoms with E-state index in [1.165, 1.54) is 23.3 Å². The molecule has 0 radical (unpaired) electrons. The zero-order chi connectivity index (χ0) is 14.8. The third kappa shape index (κ3) is 2.55. The summed E-state index contributed by atoms with van der Waals surface area (Å²) < 4.78 is 12.0. The summed E-state index contributed by atoms with van der Waals surface area (Å²) in [6.07, 6.45) is 1.59. The Balaban J connectivity index is 1.99. The quantitative estimate of drug-likeness (QED) is 0.722. The first kappa shape index (κ1) is 14.1. The lowest BCUT2D eigenvalue weighted by Crippen LogP contribution is -1.98. The van der Waals surface area contributed by atoms with Crippen molar-refractivity contribution in [2.45, 2.75) is 22.8 Å². The lowest BCUT2D eigenvalue weighted by atomic mass is 10.4. The predicted octanol–water partition coefficient (Wildman–Crippen LogP) is 3.69. The van der Waals surface area contributed by atoms with Crippen molar-refractivity contribution in [1.29, 1.82) is 5.26 Å². The molecular formula is C12H8ClN5OS2. The van der Waals surface area contributed by atoms with Crippen LogP contribution in [0.4, 0.5) is 0 Å². The molecule has 0 amide bonds. The summed E-state index contributed by atoms with van der Waals surface area (Å²) in [6, 6.07) is 5.68. The molecule has 3 heterocycles. The van der Waals surface area contributed by atoms with Gasteiger partial charge in [-0.05, 0) is 42.4 Å². The Bertz CT molecular complexity index is 802. The van der Waals surface area contributed by atoms with Crippen molar-refractivity contribution in [1.82, 2.24) is 19.1 Å². The summed E-state index contributed by atoms with van der Waals surface area (Å²) in [7, 11) is 0. The van der Waals surface area contributed by atoms with Crippen LogP contribution in [0.5, 0.6) is 0 Å². The number of aromatic nitrogens is 4. The molecule has 3 aromatic heterocycles. The summed E-state index contributed by atoms with van der Waals surface area (Å²) in [6.45, 7) is 2.67. The van der Waals surface area contributed by atoms with E-state index in [-0.39, 0.29) is 5.15 Å². The maximum atomic E-state index is 9.11. The number of rotatable bonds is 4. The molecule has 0 aliphatic heterocycles. The van der Waals surface area contributed by atoms with Crippen molar-refractivity contribution >= 4 is 34.9 Å². The van der Waals surface area contributed by atoms with E-state index in [0.717, 1.165) is 0 Å². The standard InChI is InChI=1S/C12H8ClN5OS2/c1-2-18-10(8-4-3-5-19-8)15-16-12(18)20-11-7(6-14)9(13)17-21-11/h3-5H,2H2,1H3. The van der Waals surface area contributed by atoms with Gasteiger partial charge in [-0.15, -0.1) is 10.2 Å². The average molecular weight is 338 g/mol. The number of nitrogens with zero attached hydrogens (tertiary/aromatic N) is 5. The van der Waals surface area contributed by atoms with Gasteiger partial charge in [0.25, 0.3) is 0 Å². The van der Waals surface area contributed by atoms with Gasteiger partial charge in [0.15, 0.2) is 21.9 Å². The normalized spacial score (nSPS) is 10.7. The van der Waals surface area contributed by atoms with Gasteiger partial charge in [0.2, 0.25) is 0 Å². The van der Waals surface area contributed by atoms with E-state index in [1.54, 1.807) is 12.3 Å². The van der Waals surface area contributed by atoms with Crippen LogP contribution in [0, 0.1) is 11.3 Å². The molecule has 106 valence electrons. The van der Waals surface area contributed by atoms with Crippen molar-refractivity contribution in [2.24, 2.45) is 0 Å². The lowest BCUT2D eigenvalue weighted by Gasteiger charge is -2.04. The first-order chi connectivity index (χ1) is 10.2. The van der Waals surface area contributed by atoms with Crippen molar-refractivity contribution in [3.05, 3.63) is 29.1 Å². The molecule has 21 heavy (non-hydrogen) atoms. The van der Waals surface area contributed by atoms with Gasteiger partial charge in [0.1, 0.15) is 15.8 Å². The molecule has 3 aromatic rings. The SMILES string of the molecule is CCn1c(Sc2snc(Cl)c2C#N)nnc1-c1ccco1. The molecule has 0 saturated carbocycles. The van der Waals surface area contributed by atoms with Gasteiger partial charge in [0.05, 0.1) is 6.26 Å². The van der Waals surface area contributed by atoms with Crippen LogP contribution in [-0.4, -0.2) is 19.1 Å². The molecule has 0 atom stereocenters. The van der Waals surface area contributed by atoms with Crippen LogP contribution in [0.1, 0.15) is 12.5 Å². The molecule has 0 aliphatic carbocycles. The first-order valence-corrected chi connectivity index (χ1v) is 7.91. The third-order valence-corrected chi connectivity index (χ3v) is 5.05. The lowest BCUT2D eigenvalue weighted by molar-refractivity contribution is 0.567. The molecule has 0 bridgehead atoms. The van der Waals surface area contributed by atoms with Crippen LogP contribution < -0.4 is 0 Å². The van der Waals surface area contributed by atoms with Crippen molar-refractivity contribution in [3.63, 3.8) is 0 Å². The highest BCUT2D eigenvalue weighted by Gasteiger charge is 2.19. The third-order valence-electron chi connectivity index (χ3n) is 2.69. The predicted molar refractivity (Wildman–Crippen MR) is 79.4 cm³/mol. The molecule has 0 aromatic carbocycles. The molecule has 0 spiro atoms. The summed E-state index contributed by atoms with van der Waals surface area (Å²) >= 11 is 8.38. The number of furan rings is 1. The molecule has 0 fully saturated rings. The van der Waals surface area contributed by atoms with E-state index >= 15 is 0 Å². The minimum Gasteiger partial charge on any atom is -0.461 e. The van der Waals surface area contributed by atoms with Crippen LogP contribution in [0.25, 0.3) is 11.6 Å². The highest BCUT2D eigenvalue weighted by molar-refractivity contribution is 8.01. The van der Waals surface area contributed by atoms with Crippen LogP contribution >= 0.6 is 34.9 Å². The minimum atomic E-state index is 0.221. The molecule has 3 rings (SSSR count). The Morgan fingerprint density at radius 2 is 2.38 bits per heavy atom. The van der Waals surface area contributed by atoms with Crippen molar-refractivity contribution in [3.8, 4) is 17.7 Å². The number of hydrogen-bond donors (Lipinski definition) is 0. The van der Waals surface area contributed by atoms with Crippen LogP contribution in [0.2, 0.25) is 5.15 Å². The Labute approximate surface area is 133 Å². The first-order valence-electron chi connectivity index (χ1n) is 5.94. The van der Waals surface area contributed by atoms with Gasteiger partial charge in [-0.3, -0.25) is 4.57 Å². The monoisotopic (exact) mass is 337 g/mol. The summed E-state index contributed by atoms with van der Waals surface area (Å²) in [5, 5.41) is 18.3. The fourth-order valence-electron chi connectivity index (χ4n) is 1.74. The smallest absolute Gasteiger partial charge is 0.200 e.